The third-order valence-electron chi connectivity index (χ3n) is 1.97. The Morgan fingerprint density at radius 2 is 2.07 bits per heavy atom. The molecule has 3 nitrogen and oxygen atoms in total. The van der Waals surface area contributed by atoms with Gasteiger partial charge in [0.1, 0.15) is 0 Å². The quantitative estimate of drug-likeness (QED) is 0.686. The van der Waals surface area contributed by atoms with Gasteiger partial charge in [-0.05, 0) is 18.2 Å². The lowest BCUT2D eigenvalue weighted by molar-refractivity contribution is -0.137. The number of nitrogens with zero attached hydrogens (tertiary/aromatic N) is 1. The van der Waals surface area contributed by atoms with Crippen LogP contribution in [-0.4, -0.2) is 18.7 Å². The van der Waals surface area contributed by atoms with Crippen molar-refractivity contribution in [1.29, 1.82) is 0 Å². The summed E-state index contributed by atoms with van der Waals surface area (Å²) in [6, 6.07) is 2.94. The van der Waals surface area contributed by atoms with Crippen molar-refractivity contribution < 1.29 is 13.2 Å². The first-order chi connectivity index (χ1) is 6.98. The first-order valence-corrected chi connectivity index (χ1v) is 5.12. The number of aromatic nitrogens is 2. The summed E-state index contributed by atoms with van der Waals surface area (Å²) in [6.07, 6.45) is -4.40. The summed E-state index contributed by atoms with van der Waals surface area (Å²) in [5.41, 5.74) is -1.01. The van der Waals surface area contributed by atoms with Gasteiger partial charge in [0.2, 0.25) is 15.0 Å². The molecule has 0 fully saturated rings. The summed E-state index contributed by atoms with van der Waals surface area (Å²) in [4.78, 5) is 11.2. The zero-order chi connectivity index (χ0) is 11.1. The predicted molar refractivity (Wildman–Crippen MR) is 50.1 cm³/mol. The summed E-state index contributed by atoms with van der Waals surface area (Å²) < 4.78 is 43.3. The minimum absolute atomic E-state index is 0.128. The number of rotatable bonds is 0. The van der Waals surface area contributed by atoms with Crippen molar-refractivity contribution in [3.05, 3.63) is 34.1 Å². The molecule has 0 bridgehead atoms. The number of nitrogens with one attached hydrogen (secondary N) is 1. The Hall–Kier alpha value is -1.50. The molecule has 0 aliphatic rings. The fourth-order valence-corrected chi connectivity index (χ4v) is 1.93. The van der Waals surface area contributed by atoms with Gasteiger partial charge in [0.25, 0.3) is 0 Å². The molecule has 0 unspecified atom stereocenters. The van der Waals surface area contributed by atoms with Crippen molar-refractivity contribution in [3.63, 3.8) is 0 Å². The van der Waals surface area contributed by atoms with Crippen LogP contribution >= 0.6 is 0 Å². The van der Waals surface area contributed by atoms with Gasteiger partial charge >= 0.3 is 6.18 Å². The Morgan fingerprint density at radius 1 is 1.33 bits per heavy atom. The topological polar surface area (TPSA) is 45.8 Å². The van der Waals surface area contributed by atoms with Crippen molar-refractivity contribution >= 4 is 20.4 Å². The van der Waals surface area contributed by atoms with E-state index >= 15 is 0 Å². The lowest BCUT2D eigenvalue weighted by atomic mass is 10.1. The molecule has 0 radical (unpaired) electrons. The van der Waals surface area contributed by atoms with Crippen LogP contribution in [0.4, 0.5) is 13.2 Å². The van der Waals surface area contributed by atoms with Gasteiger partial charge in [-0.3, -0.25) is 9.43 Å². The maximum atomic E-state index is 12.3. The fraction of sp³-hybridized carbons (Fsp3) is 0.125. The van der Waals surface area contributed by atoms with Crippen molar-refractivity contribution in [2.24, 2.45) is 0 Å². The monoisotopic (exact) mass is 230 g/mol. The molecule has 0 saturated heterocycles. The predicted octanol–water partition coefficient (Wildman–Crippen LogP) is 1.01. The van der Waals surface area contributed by atoms with E-state index in [0.717, 1.165) is 18.2 Å². The van der Waals surface area contributed by atoms with Crippen molar-refractivity contribution in [1.82, 2.24) is 9.28 Å². The highest BCUT2D eigenvalue weighted by molar-refractivity contribution is 6.15. The largest absolute Gasteiger partial charge is 0.416 e. The smallest absolute Gasteiger partial charge is 0.346 e. The summed E-state index contributed by atoms with van der Waals surface area (Å²) >= 11 is 0. The Labute approximate surface area is 83.9 Å². The second-order valence-corrected chi connectivity index (χ2v) is 3.77. The molecular formula is C8H5F3N2OSi. The van der Waals surface area contributed by atoms with Gasteiger partial charge in [-0.2, -0.15) is 13.2 Å². The van der Waals surface area contributed by atoms with Crippen LogP contribution in [0, 0.1) is 0 Å². The first-order valence-electron chi connectivity index (χ1n) is 4.03. The number of hydrogen-bond donors (Lipinski definition) is 1. The molecule has 0 atom stereocenters. The van der Waals surface area contributed by atoms with E-state index in [1.165, 1.54) is 0 Å². The summed E-state index contributed by atoms with van der Waals surface area (Å²) in [7, 11) is -0.681. The van der Waals surface area contributed by atoms with Crippen LogP contribution in [0.1, 0.15) is 5.56 Å². The molecular weight excluding hydrogens is 225 g/mol. The molecule has 0 aliphatic carbocycles. The molecule has 0 amide bonds. The van der Waals surface area contributed by atoms with Crippen molar-refractivity contribution in [3.8, 4) is 0 Å². The maximum absolute atomic E-state index is 12.3. The van der Waals surface area contributed by atoms with Gasteiger partial charge < -0.3 is 4.64 Å². The second kappa shape index (κ2) is 3.26. The van der Waals surface area contributed by atoms with E-state index in [-0.39, 0.29) is 16.5 Å². The molecule has 7 heteroatoms. The molecule has 1 aromatic carbocycles. The lowest BCUT2D eigenvalue weighted by Gasteiger charge is -2.06. The Balaban J connectivity index is 2.73. The highest BCUT2D eigenvalue weighted by atomic mass is 28.2. The van der Waals surface area contributed by atoms with Gasteiger partial charge in [-0.25, -0.2) is 0 Å². The molecule has 0 aliphatic heterocycles. The molecule has 2 rings (SSSR count). The third kappa shape index (κ3) is 1.82. The normalized spacial score (nSPS) is 11.9. The van der Waals surface area contributed by atoms with E-state index in [2.05, 4.69) is 9.28 Å². The highest BCUT2D eigenvalue weighted by Crippen LogP contribution is 2.30. The Bertz CT molecular complexity index is 564. The molecule has 1 heterocycles. The zero-order valence-electron chi connectivity index (χ0n) is 7.30. The molecule has 78 valence electrons. The molecule has 1 aromatic heterocycles. The Morgan fingerprint density at radius 3 is 2.73 bits per heavy atom. The van der Waals surface area contributed by atoms with Gasteiger partial charge in [0.05, 0.1) is 16.5 Å². The van der Waals surface area contributed by atoms with E-state index in [1.807, 2.05) is 0 Å². The van der Waals surface area contributed by atoms with Crippen LogP contribution in [-0.2, 0) is 6.18 Å². The minimum Gasteiger partial charge on any atom is -0.346 e. The standard InChI is InChI=1S/C8H5F3N2OSi/c9-8(10,11)4-1-2-5-6(3-4)12-15-13-7(5)14/h1-3,15H,(H,13,14). The zero-order valence-corrected chi connectivity index (χ0v) is 8.45. The van der Waals surface area contributed by atoms with Gasteiger partial charge in [-0.15, -0.1) is 0 Å². The number of hydrogen-bond acceptors (Lipinski definition) is 2. The van der Waals surface area contributed by atoms with Crippen LogP contribution in [0.2, 0.25) is 0 Å². The number of halogens is 3. The summed E-state index contributed by atoms with van der Waals surface area (Å²) in [5, 5.41) is 0.196. The molecule has 15 heavy (non-hydrogen) atoms. The van der Waals surface area contributed by atoms with Gasteiger partial charge in [0.15, 0.2) is 0 Å². The number of alkyl halides is 3. The van der Waals surface area contributed by atoms with Crippen LogP contribution in [0.3, 0.4) is 0 Å². The SMILES string of the molecule is O=c1[nH][siH]nc2cc(C(F)(F)F)ccc12. The number of benzene rings is 1. The minimum atomic E-state index is -4.40. The average molecular weight is 230 g/mol. The maximum Gasteiger partial charge on any atom is 0.416 e. The van der Waals surface area contributed by atoms with E-state index < -0.39 is 21.2 Å². The van der Waals surface area contributed by atoms with Crippen molar-refractivity contribution in [2.75, 3.05) is 0 Å². The van der Waals surface area contributed by atoms with E-state index in [9.17, 15) is 18.0 Å². The van der Waals surface area contributed by atoms with Gasteiger partial charge in [0, 0.05) is 0 Å². The highest BCUT2D eigenvalue weighted by Gasteiger charge is 2.30. The molecule has 1 N–H and O–H groups in total. The molecule has 2 aromatic rings. The fourth-order valence-electron chi connectivity index (χ4n) is 1.24. The first kappa shape index (κ1) is 10.0. The third-order valence-corrected chi connectivity index (χ3v) is 2.77. The molecule has 0 saturated carbocycles. The second-order valence-electron chi connectivity index (χ2n) is 2.96. The number of H-pyrrole nitrogens is 1. The summed E-state index contributed by atoms with van der Waals surface area (Å²) in [5.74, 6) is 0. The van der Waals surface area contributed by atoms with Crippen LogP contribution in [0.5, 0.6) is 0 Å². The van der Waals surface area contributed by atoms with E-state index in [1.54, 1.807) is 0 Å². The molecule has 0 spiro atoms. The van der Waals surface area contributed by atoms with Gasteiger partial charge in [-0.1, -0.05) is 0 Å². The van der Waals surface area contributed by atoms with Crippen LogP contribution in [0.25, 0.3) is 10.9 Å². The summed E-state index contributed by atoms with van der Waals surface area (Å²) in [6.45, 7) is 0. The Kier molecular flexibility index (Phi) is 2.18. The average Bonchev–Trinajstić information content (AvgIpc) is 2.16. The number of aromatic amines is 1. The van der Waals surface area contributed by atoms with Crippen LogP contribution in [0.15, 0.2) is 23.0 Å². The van der Waals surface area contributed by atoms with Crippen molar-refractivity contribution in [2.45, 2.75) is 6.18 Å². The number of fused-ring (bicyclic) bond motifs is 1. The lowest BCUT2D eigenvalue weighted by Crippen LogP contribution is -2.12. The van der Waals surface area contributed by atoms with E-state index in [4.69, 9.17) is 0 Å². The van der Waals surface area contributed by atoms with E-state index in [0.29, 0.717) is 0 Å². The van der Waals surface area contributed by atoms with Crippen LogP contribution < -0.4 is 5.56 Å².